The van der Waals surface area contributed by atoms with Crippen LogP contribution in [0.15, 0.2) is 0 Å². The van der Waals surface area contributed by atoms with Crippen molar-refractivity contribution < 1.29 is 0 Å². The lowest BCUT2D eigenvalue weighted by Gasteiger charge is -2.28. The van der Waals surface area contributed by atoms with E-state index in [0.717, 1.165) is 47.6 Å². The van der Waals surface area contributed by atoms with Crippen LogP contribution in [0.25, 0.3) is 0 Å². The second kappa shape index (κ2) is 5.77. The summed E-state index contributed by atoms with van der Waals surface area (Å²) in [6, 6.07) is 1.69. The van der Waals surface area contributed by atoms with E-state index in [1.165, 1.54) is 51.9 Å². The van der Waals surface area contributed by atoms with Crippen LogP contribution < -0.4 is 0 Å². The summed E-state index contributed by atoms with van der Waals surface area (Å²) >= 11 is 0. The molecule has 0 aromatic heterocycles. The Kier molecular flexibility index (Phi) is 4.05. The first kappa shape index (κ1) is 15.4. The van der Waals surface area contributed by atoms with Crippen LogP contribution in [0.2, 0.25) is 0 Å². The van der Waals surface area contributed by atoms with Crippen LogP contribution in [0.4, 0.5) is 0 Å². The Hall–Kier alpha value is -0.0800. The Morgan fingerprint density at radius 2 is 1.18 bits per heavy atom. The highest BCUT2D eigenvalue weighted by Crippen LogP contribution is 2.48. The Labute approximate surface area is 137 Å². The summed E-state index contributed by atoms with van der Waals surface area (Å²) in [7, 11) is 0. The topological polar surface area (TPSA) is 6.48 Å². The van der Waals surface area contributed by atoms with E-state index >= 15 is 0 Å². The lowest BCUT2D eigenvalue weighted by atomic mass is 9.93. The van der Waals surface area contributed by atoms with Crippen LogP contribution in [0.1, 0.15) is 53.4 Å². The Morgan fingerprint density at radius 1 is 0.682 bits per heavy atom. The highest BCUT2D eigenvalue weighted by Gasteiger charge is 2.48. The van der Waals surface area contributed by atoms with Gasteiger partial charge in [-0.2, -0.15) is 0 Å². The average molecular weight is 305 g/mol. The van der Waals surface area contributed by atoms with Crippen LogP contribution in [-0.2, 0) is 0 Å². The molecule has 0 N–H and O–H groups in total. The van der Waals surface area contributed by atoms with Gasteiger partial charge in [0.15, 0.2) is 0 Å². The summed E-state index contributed by atoms with van der Waals surface area (Å²) in [5, 5.41) is 0. The van der Waals surface area contributed by atoms with Gasteiger partial charge in [-0.1, -0.05) is 13.8 Å². The molecule has 0 spiro atoms. The fraction of sp³-hybridized carbons (Fsp3) is 1.00. The van der Waals surface area contributed by atoms with Crippen molar-refractivity contribution in [1.82, 2.24) is 9.80 Å². The fourth-order valence-electron chi connectivity index (χ4n) is 6.25. The molecular formula is C20H36N2. The molecule has 0 amide bonds. The molecule has 0 aromatic carbocycles. The summed E-state index contributed by atoms with van der Waals surface area (Å²) in [5.41, 5.74) is 0. The zero-order chi connectivity index (χ0) is 15.4. The third-order valence-electron chi connectivity index (χ3n) is 7.76. The summed E-state index contributed by atoms with van der Waals surface area (Å²) < 4.78 is 0. The minimum Gasteiger partial charge on any atom is -0.300 e. The predicted octanol–water partition coefficient (Wildman–Crippen LogP) is 3.72. The van der Waals surface area contributed by atoms with Gasteiger partial charge in [-0.05, 0) is 75.0 Å². The minimum atomic E-state index is 0.753. The molecule has 2 aliphatic carbocycles. The molecule has 2 saturated heterocycles. The van der Waals surface area contributed by atoms with E-state index in [9.17, 15) is 0 Å². The number of rotatable bonds is 3. The molecule has 0 bridgehead atoms. The van der Waals surface area contributed by atoms with Crippen molar-refractivity contribution in [2.24, 2.45) is 35.5 Å². The molecule has 2 heteroatoms. The lowest BCUT2D eigenvalue weighted by molar-refractivity contribution is 0.187. The highest BCUT2D eigenvalue weighted by molar-refractivity contribution is 5.01. The van der Waals surface area contributed by atoms with E-state index in [4.69, 9.17) is 0 Å². The van der Waals surface area contributed by atoms with Gasteiger partial charge in [-0.25, -0.2) is 0 Å². The first-order valence-corrected chi connectivity index (χ1v) is 9.99. The van der Waals surface area contributed by atoms with E-state index in [1.807, 2.05) is 0 Å². The molecule has 126 valence electrons. The number of nitrogens with zero attached hydrogens (tertiary/aromatic N) is 2. The maximum atomic E-state index is 2.92. The van der Waals surface area contributed by atoms with Crippen molar-refractivity contribution in [3.63, 3.8) is 0 Å². The number of hydrogen-bond acceptors (Lipinski definition) is 2. The van der Waals surface area contributed by atoms with Gasteiger partial charge in [0.25, 0.3) is 0 Å². The van der Waals surface area contributed by atoms with Gasteiger partial charge in [-0.15, -0.1) is 0 Å². The molecule has 6 atom stereocenters. The quantitative estimate of drug-likeness (QED) is 0.784. The maximum Gasteiger partial charge on any atom is 0.0102 e. The highest BCUT2D eigenvalue weighted by atomic mass is 15.2. The van der Waals surface area contributed by atoms with Crippen LogP contribution in [0.3, 0.4) is 0 Å². The van der Waals surface area contributed by atoms with Gasteiger partial charge >= 0.3 is 0 Å². The van der Waals surface area contributed by atoms with E-state index in [1.54, 1.807) is 0 Å². The number of hydrogen-bond donors (Lipinski definition) is 0. The zero-order valence-corrected chi connectivity index (χ0v) is 15.2. The van der Waals surface area contributed by atoms with E-state index < -0.39 is 0 Å². The molecule has 2 aliphatic heterocycles. The fourth-order valence-corrected chi connectivity index (χ4v) is 6.25. The van der Waals surface area contributed by atoms with E-state index in [2.05, 4.69) is 37.5 Å². The van der Waals surface area contributed by atoms with Crippen LogP contribution >= 0.6 is 0 Å². The maximum absolute atomic E-state index is 2.92. The molecule has 0 aromatic rings. The molecular weight excluding hydrogens is 268 g/mol. The van der Waals surface area contributed by atoms with E-state index in [0.29, 0.717) is 0 Å². The van der Waals surface area contributed by atoms with Crippen molar-refractivity contribution in [3.8, 4) is 0 Å². The van der Waals surface area contributed by atoms with Crippen molar-refractivity contribution in [2.75, 3.05) is 26.2 Å². The number of fused-ring (bicyclic) bond motifs is 2. The number of likely N-dealkylation sites (tertiary alicyclic amines) is 2. The van der Waals surface area contributed by atoms with Gasteiger partial charge in [0.2, 0.25) is 0 Å². The molecule has 22 heavy (non-hydrogen) atoms. The molecule has 2 saturated carbocycles. The molecule has 4 aliphatic rings. The van der Waals surface area contributed by atoms with Gasteiger partial charge in [0, 0.05) is 38.3 Å². The third-order valence-corrected chi connectivity index (χ3v) is 7.76. The van der Waals surface area contributed by atoms with Gasteiger partial charge in [0.1, 0.15) is 0 Å². The molecule has 2 unspecified atom stereocenters. The molecule has 4 rings (SSSR count). The summed E-state index contributed by atoms with van der Waals surface area (Å²) in [6.07, 6.45) is 6.06. The third kappa shape index (κ3) is 2.65. The standard InChI is InChI=1S/C20H36N2/c1-13(2)15-5-16-11-22(12-17(16)6-15)20-7-18-9-21(14(3)4)10-19(18)8-20/h13-20H,5-12H2,1-4H3/t15?,16-,17+,18-,19+,20?. The monoisotopic (exact) mass is 304 g/mol. The molecule has 4 fully saturated rings. The molecule has 0 radical (unpaired) electrons. The summed E-state index contributed by atoms with van der Waals surface area (Å²) in [5.74, 6) is 6.04. The summed E-state index contributed by atoms with van der Waals surface area (Å²) in [6.45, 7) is 15.2. The smallest absolute Gasteiger partial charge is 0.0102 e. The lowest BCUT2D eigenvalue weighted by Crippen LogP contribution is -2.35. The molecule has 2 heterocycles. The second-order valence-corrected chi connectivity index (χ2v) is 9.64. The van der Waals surface area contributed by atoms with Gasteiger partial charge < -0.3 is 4.90 Å². The summed E-state index contributed by atoms with van der Waals surface area (Å²) in [4.78, 5) is 5.64. The van der Waals surface area contributed by atoms with E-state index in [-0.39, 0.29) is 0 Å². The first-order chi connectivity index (χ1) is 10.5. The Morgan fingerprint density at radius 3 is 1.64 bits per heavy atom. The largest absolute Gasteiger partial charge is 0.300 e. The minimum absolute atomic E-state index is 0.753. The van der Waals surface area contributed by atoms with Gasteiger partial charge in [-0.3, -0.25) is 4.90 Å². The first-order valence-electron chi connectivity index (χ1n) is 9.99. The van der Waals surface area contributed by atoms with Crippen molar-refractivity contribution in [2.45, 2.75) is 65.5 Å². The average Bonchev–Trinajstić information content (AvgIpc) is 3.14. The normalized spacial score (nSPS) is 46.1. The molecule has 2 nitrogen and oxygen atoms in total. The zero-order valence-electron chi connectivity index (χ0n) is 15.2. The van der Waals surface area contributed by atoms with Crippen molar-refractivity contribution in [3.05, 3.63) is 0 Å². The SMILES string of the molecule is CC(C)C1C[C@@H]2CN(C3C[C@@H]4CN(C(C)C)C[C@@H]4C3)C[C@@H]2C1. The van der Waals surface area contributed by atoms with Crippen molar-refractivity contribution in [1.29, 1.82) is 0 Å². The Balaban J connectivity index is 1.30. The van der Waals surface area contributed by atoms with Gasteiger partial charge in [0.05, 0.1) is 0 Å². The van der Waals surface area contributed by atoms with Crippen LogP contribution in [-0.4, -0.2) is 48.1 Å². The van der Waals surface area contributed by atoms with Crippen LogP contribution in [0, 0.1) is 35.5 Å². The Bertz CT molecular complexity index is 339. The second-order valence-electron chi connectivity index (χ2n) is 9.64. The van der Waals surface area contributed by atoms with Crippen molar-refractivity contribution >= 4 is 0 Å². The predicted molar refractivity (Wildman–Crippen MR) is 92.8 cm³/mol. The van der Waals surface area contributed by atoms with Crippen LogP contribution in [0.5, 0.6) is 0 Å².